The molecular formula is C32H28F8O. The summed E-state index contributed by atoms with van der Waals surface area (Å²) in [7, 11) is 0. The number of hydrogen-bond donors (Lipinski definition) is 0. The lowest BCUT2D eigenvalue weighted by molar-refractivity contribution is -0.189. The SMILES string of the molecule is CC/C=C(\C=C(\F)Cc1cc(F)c(C(F)(F)Oc2cc(F)c(F)c(F)c2)c(F)c1)c1ccc2c(c1)CC(CCC)C2. The Kier molecular flexibility index (Phi) is 9.24. The van der Waals surface area contributed by atoms with Gasteiger partial charge in [-0.3, -0.25) is 0 Å². The highest BCUT2D eigenvalue weighted by Crippen LogP contribution is 2.37. The first-order chi connectivity index (χ1) is 19.4. The third-order valence-corrected chi connectivity index (χ3v) is 6.96. The molecule has 1 atom stereocenters. The van der Waals surface area contributed by atoms with E-state index in [1.165, 1.54) is 17.2 Å². The molecule has 1 aliphatic rings. The van der Waals surface area contributed by atoms with Crippen LogP contribution in [0.15, 0.2) is 60.4 Å². The lowest BCUT2D eigenvalue weighted by Gasteiger charge is -2.20. The van der Waals surface area contributed by atoms with Crippen LogP contribution in [0.4, 0.5) is 35.1 Å². The van der Waals surface area contributed by atoms with Crippen LogP contribution in [-0.2, 0) is 25.4 Å². The van der Waals surface area contributed by atoms with Gasteiger partial charge in [0.25, 0.3) is 0 Å². The molecule has 0 aromatic heterocycles. The number of allylic oxidation sites excluding steroid dienone is 4. The van der Waals surface area contributed by atoms with E-state index in [0.717, 1.165) is 31.2 Å². The van der Waals surface area contributed by atoms with E-state index >= 15 is 4.39 Å². The smallest absolute Gasteiger partial charge is 0.429 e. The van der Waals surface area contributed by atoms with Gasteiger partial charge in [-0.1, -0.05) is 51.0 Å². The van der Waals surface area contributed by atoms with Crippen LogP contribution in [0, 0.1) is 35.0 Å². The molecule has 0 fully saturated rings. The van der Waals surface area contributed by atoms with Crippen molar-refractivity contribution in [2.45, 2.75) is 58.5 Å². The van der Waals surface area contributed by atoms with Gasteiger partial charge < -0.3 is 4.74 Å². The van der Waals surface area contributed by atoms with Crippen molar-refractivity contribution in [2.24, 2.45) is 5.92 Å². The second-order valence-corrected chi connectivity index (χ2v) is 10.1. The Morgan fingerprint density at radius 1 is 0.878 bits per heavy atom. The number of fused-ring (bicyclic) bond motifs is 1. The van der Waals surface area contributed by atoms with Crippen molar-refractivity contribution < 1.29 is 39.9 Å². The van der Waals surface area contributed by atoms with Crippen molar-refractivity contribution in [1.29, 1.82) is 0 Å². The maximum absolute atomic E-state index is 15.1. The Bertz CT molecular complexity index is 1440. The zero-order chi connectivity index (χ0) is 29.9. The maximum Gasteiger partial charge on any atom is 0.432 e. The molecule has 0 heterocycles. The Labute approximate surface area is 233 Å². The van der Waals surface area contributed by atoms with E-state index in [4.69, 9.17) is 0 Å². The van der Waals surface area contributed by atoms with E-state index < -0.39 is 58.8 Å². The minimum absolute atomic E-state index is 0.114. The van der Waals surface area contributed by atoms with E-state index in [-0.39, 0.29) is 17.7 Å². The number of hydrogen-bond acceptors (Lipinski definition) is 1. The van der Waals surface area contributed by atoms with Gasteiger partial charge in [-0.05, 0) is 71.2 Å². The van der Waals surface area contributed by atoms with Crippen LogP contribution in [0.25, 0.3) is 5.57 Å². The molecule has 1 aliphatic carbocycles. The minimum atomic E-state index is -4.72. The highest BCUT2D eigenvalue weighted by Gasteiger charge is 2.41. The summed E-state index contributed by atoms with van der Waals surface area (Å²) in [6, 6.07) is 7.27. The van der Waals surface area contributed by atoms with Gasteiger partial charge in [-0.2, -0.15) is 8.78 Å². The predicted octanol–water partition coefficient (Wildman–Crippen LogP) is 9.91. The zero-order valence-corrected chi connectivity index (χ0v) is 22.4. The Balaban J connectivity index is 1.54. The molecule has 218 valence electrons. The Hall–Kier alpha value is -3.62. The van der Waals surface area contributed by atoms with Crippen molar-refractivity contribution in [2.75, 3.05) is 0 Å². The number of ether oxygens (including phenoxy) is 1. The molecule has 1 unspecified atom stereocenters. The fourth-order valence-electron chi connectivity index (χ4n) is 5.19. The number of rotatable bonds is 10. The Morgan fingerprint density at radius 3 is 2.12 bits per heavy atom. The van der Waals surface area contributed by atoms with Crippen LogP contribution in [0.3, 0.4) is 0 Å². The van der Waals surface area contributed by atoms with Crippen molar-refractivity contribution >= 4 is 5.57 Å². The van der Waals surface area contributed by atoms with Gasteiger partial charge in [-0.25, -0.2) is 26.3 Å². The van der Waals surface area contributed by atoms with E-state index in [1.54, 1.807) is 0 Å². The zero-order valence-electron chi connectivity index (χ0n) is 22.4. The van der Waals surface area contributed by atoms with Crippen LogP contribution < -0.4 is 4.74 Å². The van der Waals surface area contributed by atoms with Gasteiger partial charge in [0.1, 0.15) is 28.8 Å². The van der Waals surface area contributed by atoms with Crippen LogP contribution in [0.1, 0.15) is 60.9 Å². The summed E-state index contributed by atoms with van der Waals surface area (Å²) in [5, 5.41) is 0. The van der Waals surface area contributed by atoms with Crippen LogP contribution >= 0.6 is 0 Å². The Morgan fingerprint density at radius 2 is 1.51 bits per heavy atom. The molecule has 0 amide bonds. The largest absolute Gasteiger partial charge is 0.432 e. The van der Waals surface area contributed by atoms with E-state index in [1.807, 2.05) is 31.2 Å². The quantitative estimate of drug-likeness (QED) is 0.132. The highest BCUT2D eigenvalue weighted by atomic mass is 19.3. The van der Waals surface area contributed by atoms with Gasteiger partial charge in [0, 0.05) is 18.6 Å². The van der Waals surface area contributed by atoms with Crippen LogP contribution in [0.2, 0.25) is 0 Å². The lowest BCUT2D eigenvalue weighted by atomic mass is 9.98. The highest BCUT2D eigenvalue weighted by molar-refractivity contribution is 5.75. The van der Waals surface area contributed by atoms with Gasteiger partial charge >= 0.3 is 6.11 Å². The van der Waals surface area contributed by atoms with Crippen molar-refractivity contribution in [3.8, 4) is 5.75 Å². The molecule has 0 saturated carbocycles. The fourth-order valence-corrected chi connectivity index (χ4v) is 5.19. The van der Waals surface area contributed by atoms with Gasteiger partial charge in [0.2, 0.25) is 0 Å². The number of alkyl halides is 2. The van der Waals surface area contributed by atoms with Crippen LogP contribution in [0.5, 0.6) is 5.75 Å². The summed E-state index contributed by atoms with van der Waals surface area (Å²) < 4.78 is 118. The van der Waals surface area contributed by atoms with Crippen molar-refractivity contribution in [3.05, 3.63) is 117 Å². The van der Waals surface area contributed by atoms with Gasteiger partial charge in [0.05, 0.1) is 0 Å². The molecule has 3 aromatic carbocycles. The summed E-state index contributed by atoms with van der Waals surface area (Å²) in [6.07, 6.45) is 2.56. The first-order valence-corrected chi connectivity index (χ1v) is 13.3. The topological polar surface area (TPSA) is 9.23 Å². The van der Waals surface area contributed by atoms with E-state index in [2.05, 4.69) is 11.7 Å². The third-order valence-electron chi connectivity index (χ3n) is 6.96. The second kappa shape index (κ2) is 12.5. The van der Waals surface area contributed by atoms with Crippen molar-refractivity contribution in [1.82, 2.24) is 0 Å². The van der Waals surface area contributed by atoms with E-state index in [0.29, 0.717) is 30.0 Å². The molecule has 3 aromatic rings. The molecule has 1 nitrogen and oxygen atoms in total. The van der Waals surface area contributed by atoms with Crippen molar-refractivity contribution in [3.63, 3.8) is 0 Å². The first kappa shape index (κ1) is 30.3. The standard InChI is InChI=1S/C32H28F8O/c1-3-5-18-9-21-7-8-22(14-23(21)10-18)20(6-4-2)15-24(33)11-19-12-26(34)30(27(35)13-19)32(39,40)41-25-16-28(36)31(38)29(37)17-25/h6-8,12-18H,3-5,9-11H2,1-2H3/b20-6+,24-15+. The van der Waals surface area contributed by atoms with E-state index in [9.17, 15) is 30.7 Å². The maximum atomic E-state index is 15.1. The average Bonchev–Trinajstić information content (AvgIpc) is 3.28. The number of benzene rings is 3. The number of halogens is 8. The normalized spacial score (nSPS) is 15.8. The molecule has 4 rings (SSSR count). The van der Waals surface area contributed by atoms with Crippen LogP contribution in [-0.4, -0.2) is 0 Å². The minimum Gasteiger partial charge on any atom is -0.429 e. The summed E-state index contributed by atoms with van der Waals surface area (Å²) in [6.45, 7) is 4.03. The summed E-state index contributed by atoms with van der Waals surface area (Å²) in [4.78, 5) is 0. The molecule has 0 aliphatic heterocycles. The third kappa shape index (κ3) is 7.00. The molecular weight excluding hydrogens is 552 g/mol. The monoisotopic (exact) mass is 580 g/mol. The molecule has 0 radical (unpaired) electrons. The molecule has 0 spiro atoms. The predicted molar refractivity (Wildman–Crippen MR) is 141 cm³/mol. The summed E-state index contributed by atoms with van der Waals surface area (Å²) in [5.41, 5.74) is 1.76. The molecule has 0 saturated heterocycles. The molecule has 0 bridgehead atoms. The molecule has 9 heteroatoms. The molecule has 41 heavy (non-hydrogen) atoms. The summed E-state index contributed by atoms with van der Waals surface area (Å²) in [5.74, 6) is -10.5. The lowest BCUT2D eigenvalue weighted by Crippen LogP contribution is -2.25. The second-order valence-electron chi connectivity index (χ2n) is 10.1. The summed E-state index contributed by atoms with van der Waals surface area (Å²) >= 11 is 0. The fraction of sp³-hybridized carbons (Fsp3) is 0.312. The van der Waals surface area contributed by atoms with Gasteiger partial charge in [-0.15, -0.1) is 0 Å². The first-order valence-electron chi connectivity index (χ1n) is 13.3. The average molecular weight is 581 g/mol. The molecule has 0 N–H and O–H groups in total. The van der Waals surface area contributed by atoms with Gasteiger partial charge in [0.15, 0.2) is 17.5 Å².